The average molecular weight is 145 g/mol. The molecule has 1 N–H and O–H groups in total. The number of allylic oxidation sites excluding steroid dienone is 1. The second kappa shape index (κ2) is 4.07. The third-order valence-electron chi connectivity index (χ3n) is 1.05. The highest BCUT2D eigenvalue weighted by molar-refractivity contribution is 5.36. The normalized spacial score (nSPS) is 9.36. The highest BCUT2D eigenvalue weighted by Gasteiger charge is 1.82. The van der Waals surface area contributed by atoms with E-state index in [9.17, 15) is 0 Å². The van der Waals surface area contributed by atoms with E-state index in [-0.39, 0.29) is 0 Å². The standard InChI is InChI=1S/C8H7N3/c9-5-3-7-11-8-4-1-2-6-10-8/h1-4,6-7H,(H,10,11). The maximum absolute atomic E-state index is 8.15. The molecule has 1 aromatic heterocycles. The molecule has 0 unspecified atom stereocenters. The van der Waals surface area contributed by atoms with Crippen LogP contribution in [0.1, 0.15) is 0 Å². The van der Waals surface area contributed by atoms with Crippen molar-refractivity contribution in [3.8, 4) is 6.07 Å². The first-order valence-electron chi connectivity index (χ1n) is 3.15. The Morgan fingerprint density at radius 3 is 3.09 bits per heavy atom. The van der Waals surface area contributed by atoms with E-state index >= 15 is 0 Å². The molecule has 3 heteroatoms. The van der Waals surface area contributed by atoms with Crippen LogP contribution in [-0.2, 0) is 0 Å². The Labute approximate surface area is 65.0 Å². The molecule has 3 nitrogen and oxygen atoms in total. The van der Waals surface area contributed by atoms with Crippen LogP contribution in [0.15, 0.2) is 36.7 Å². The number of pyridine rings is 1. The lowest BCUT2D eigenvalue weighted by atomic mass is 10.5. The Hall–Kier alpha value is -1.82. The summed E-state index contributed by atoms with van der Waals surface area (Å²) in [7, 11) is 0. The fourth-order valence-corrected chi connectivity index (χ4v) is 0.612. The number of nitrogens with zero attached hydrogens (tertiary/aromatic N) is 2. The molecule has 1 rings (SSSR count). The van der Waals surface area contributed by atoms with Crippen LogP contribution in [-0.4, -0.2) is 4.98 Å². The van der Waals surface area contributed by atoms with E-state index in [0.29, 0.717) is 0 Å². The fourth-order valence-electron chi connectivity index (χ4n) is 0.612. The predicted molar refractivity (Wildman–Crippen MR) is 42.6 cm³/mol. The summed E-state index contributed by atoms with van der Waals surface area (Å²) in [5.41, 5.74) is 0. The van der Waals surface area contributed by atoms with Gasteiger partial charge in [-0.15, -0.1) is 0 Å². The van der Waals surface area contributed by atoms with Crippen molar-refractivity contribution in [1.29, 1.82) is 5.26 Å². The minimum Gasteiger partial charge on any atom is -0.346 e. The lowest BCUT2D eigenvalue weighted by Crippen LogP contribution is -1.88. The van der Waals surface area contributed by atoms with Crippen molar-refractivity contribution in [1.82, 2.24) is 4.98 Å². The largest absolute Gasteiger partial charge is 0.346 e. The van der Waals surface area contributed by atoms with Crippen molar-refractivity contribution in [2.75, 3.05) is 5.32 Å². The van der Waals surface area contributed by atoms with E-state index in [1.165, 1.54) is 6.08 Å². The van der Waals surface area contributed by atoms with Crippen molar-refractivity contribution in [3.05, 3.63) is 36.7 Å². The van der Waals surface area contributed by atoms with E-state index < -0.39 is 0 Å². The number of anilines is 1. The van der Waals surface area contributed by atoms with Gasteiger partial charge in [0.25, 0.3) is 0 Å². The lowest BCUT2D eigenvalue weighted by Gasteiger charge is -1.94. The second-order valence-corrected chi connectivity index (χ2v) is 1.82. The summed E-state index contributed by atoms with van der Waals surface area (Å²) in [4.78, 5) is 3.98. The molecule has 0 spiro atoms. The summed E-state index contributed by atoms with van der Waals surface area (Å²) >= 11 is 0. The average Bonchev–Trinajstić information content (AvgIpc) is 2.07. The molecule has 0 saturated heterocycles. The number of nitrogens with one attached hydrogen (secondary N) is 1. The Morgan fingerprint density at radius 1 is 1.55 bits per heavy atom. The zero-order valence-electron chi connectivity index (χ0n) is 5.86. The zero-order valence-corrected chi connectivity index (χ0v) is 5.86. The Morgan fingerprint density at radius 2 is 2.45 bits per heavy atom. The predicted octanol–water partition coefficient (Wildman–Crippen LogP) is 1.53. The maximum Gasteiger partial charge on any atom is 0.129 e. The summed E-state index contributed by atoms with van der Waals surface area (Å²) in [6.45, 7) is 0. The first-order valence-corrected chi connectivity index (χ1v) is 3.15. The van der Waals surface area contributed by atoms with Gasteiger partial charge in [-0.25, -0.2) is 4.98 Å². The Balaban J connectivity index is 2.53. The molecular weight excluding hydrogens is 138 g/mol. The van der Waals surface area contributed by atoms with Crippen LogP contribution in [0.4, 0.5) is 5.82 Å². The molecule has 0 fully saturated rings. The van der Waals surface area contributed by atoms with Gasteiger partial charge in [0.15, 0.2) is 0 Å². The van der Waals surface area contributed by atoms with Crippen LogP contribution in [0.2, 0.25) is 0 Å². The van der Waals surface area contributed by atoms with Gasteiger partial charge >= 0.3 is 0 Å². The summed E-state index contributed by atoms with van der Waals surface area (Å²) in [6, 6.07) is 7.39. The van der Waals surface area contributed by atoms with Crippen molar-refractivity contribution >= 4 is 5.82 Å². The first kappa shape index (κ1) is 7.29. The number of hydrogen-bond donors (Lipinski definition) is 1. The van der Waals surface area contributed by atoms with Crippen LogP contribution >= 0.6 is 0 Å². The van der Waals surface area contributed by atoms with Crippen LogP contribution < -0.4 is 5.32 Å². The van der Waals surface area contributed by atoms with Gasteiger partial charge in [-0.1, -0.05) is 6.07 Å². The molecule has 1 heterocycles. The zero-order chi connectivity index (χ0) is 7.94. The van der Waals surface area contributed by atoms with Crippen LogP contribution in [0.3, 0.4) is 0 Å². The molecule has 0 radical (unpaired) electrons. The molecule has 0 aliphatic carbocycles. The van der Waals surface area contributed by atoms with Gasteiger partial charge in [0.05, 0.1) is 6.07 Å². The molecule has 0 atom stereocenters. The lowest BCUT2D eigenvalue weighted by molar-refractivity contribution is 1.31. The van der Waals surface area contributed by atoms with E-state index in [0.717, 1.165) is 5.82 Å². The van der Waals surface area contributed by atoms with Gasteiger partial charge < -0.3 is 5.32 Å². The Bertz CT molecular complexity index is 271. The molecule has 0 bridgehead atoms. The van der Waals surface area contributed by atoms with Crippen molar-refractivity contribution in [2.45, 2.75) is 0 Å². The quantitative estimate of drug-likeness (QED) is 0.642. The van der Waals surface area contributed by atoms with E-state index in [1.54, 1.807) is 12.4 Å². The van der Waals surface area contributed by atoms with Gasteiger partial charge in [-0.2, -0.15) is 5.26 Å². The fraction of sp³-hybridized carbons (Fsp3) is 0. The van der Waals surface area contributed by atoms with Gasteiger partial charge in [-0.3, -0.25) is 0 Å². The Kier molecular flexibility index (Phi) is 2.70. The van der Waals surface area contributed by atoms with Crippen LogP contribution in [0.5, 0.6) is 0 Å². The number of rotatable bonds is 2. The second-order valence-electron chi connectivity index (χ2n) is 1.82. The number of nitriles is 1. The highest BCUT2D eigenvalue weighted by atomic mass is 15.0. The first-order chi connectivity index (χ1) is 5.43. The molecule has 54 valence electrons. The minimum absolute atomic E-state index is 0.735. The van der Waals surface area contributed by atoms with Gasteiger partial charge in [-0.05, 0) is 12.1 Å². The molecule has 0 amide bonds. The third-order valence-corrected chi connectivity index (χ3v) is 1.05. The summed E-state index contributed by atoms with van der Waals surface area (Å²) < 4.78 is 0. The van der Waals surface area contributed by atoms with Crippen LogP contribution in [0, 0.1) is 11.3 Å². The van der Waals surface area contributed by atoms with E-state index in [2.05, 4.69) is 10.3 Å². The van der Waals surface area contributed by atoms with Crippen molar-refractivity contribution in [3.63, 3.8) is 0 Å². The third kappa shape index (κ3) is 2.50. The van der Waals surface area contributed by atoms with Crippen LogP contribution in [0.25, 0.3) is 0 Å². The topological polar surface area (TPSA) is 48.7 Å². The number of hydrogen-bond acceptors (Lipinski definition) is 3. The monoisotopic (exact) mass is 145 g/mol. The summed E-state index contributed by atoms with van der Waals surface area (Å²) in [5, 5.41) is 11.0. The number of aromatic nitrogens is 1. The molecule has 0 aromatic carbocycles. The summed E-state index contributed by atoms with van der Waals surface area (Å²) in [6.07, 6.45) is 4.58. The highest BCUT2D eigenvalue weighted by Crippen LogP contribution is 1.98. The van der Waals surface area contributed by atoms with Crippen molar-refractivity contribution < 1.29 is 0 Å². The summed E-state index contributed by atoms with van der Waals surface area (Å²) in [5.74, 6) is 0.735. The van der Waals surface area contributed by atoms with E-state index in [4.69, 9.17) is 5.26 Å². The molecule has 0 aliphatic rings. The van der Waals surface area contributed by atoms with Gasteiger partial charge in [0.1, 0.15) is 5.82 Å². The molecule has 11 heavy (non-hydrogen) atoms. The van der Waals surface area contributed by atoms with E-state index in [1.807, 2.05) is 24.3 Å². The van der Waals surface area contributed by atoms with Crippen molar-refractivity contribution in [2.24, 2.45) is 0 Å². The van der Waals surface area contributed by atoms with Gasteiger partial charge in [0, 0.05) is 18.5 Å². The minimum atomic E-state index is 0.735. The molecule has 0 aliphatic heterocycles. The van der Waals surface area contributed by atoms with Gasteiger partial charge in [0.2, 0.25) is 0 Å². The molecular formula is C8H7N3. The smallest absolute Gasteiger partial charge is 0.129 e. The molecule has 0 saturated carbocycles. The molecule has 1 aromatic rings. The maximum atomic E-state index is 8.15. The SMILES string of the molecule is N#CC=CNc1ccccn1.